The monoisotopic (exact) mass is 488 g/mol. The number of benzene rings is 2. The van der Waals surface area contributed by atoms with Gasteiger partial charge in [0, 0.05) is 31.9 Å². The molecule has 0 aliphatic carbocycles. The molecule has 4 rings (SSSR count). The first kappa shape index (κ1) is 24.5. The van der Waals surface area contributed by atoms with Gasteiger partial charge < -0.3 is 25.0 Å². The van der Waals surface area contributed by atoms with Crippen LogP contribution in [0.15, 0.2) is 41.3 Å². The zero-order valence-corrected chi connectivity index (χ0v) is 20.5. The number of rotatable bonds is 7. The summed E-state index contributed by atoms with van der Waals surface area (Å²) in [5.41, 5.74) is 4.23. The third-order valence-corrected chi connectivity index (χ3v) is 8.01. The Hall–Kier alpha value is -2.66. The number of para-hydroxylation sites is 1. The first-order chi connectivity index (χ1) is 16.4. The number of amides is 1. The second-order valence-electron chi connectivity index (χ2n) is 8.46. The molecule has 9 nitrogen and oxygen atoms in total. The van der Waals surface area contributed by atoms with Crippen LogP contribution in [0, 0.1) is 13.8 Å². The van der Waals surface area contributed by atoms with Crippen LogP contribution in [-0.2, 0) is 24.3 Å². The van der Waals surface area contributed by atoms with Gasteiger partial charge in [0.2, 0.25) is 15.9 Å². The van der Waals surface area contributed by atoms with Crippen LogP contribution in [-0.4, -0.2) is 77.8 Å². The highest BCUT2D eigenvalue weighted by Gasteiger charge is 2.28. The van der Waals surface area contributed by atoms with Crippen molar-refractivity contribution in [1.29, 1.82) is 0 Å². The maximum absolute atomic E-state index is 13.2. The molecule has 184 valence electrons. The zero-order valence-electron chi connectivity index (χ0n) is 19.7. The highest BCUT2D eigenvalue weighted by atomic mass is 32.2. The normalized spacial score (nSPS) is 17.4. The summed E-state index contributed by atoms with van der Waals surface area (Å²) in [6.07, 6.45) is 0. The number of ether oxygens (including phenoxy) is 2. The van der Waals surface area contributed by atoms with Gasteiger partial charge in [0.1, 0.15) is 0 Å². The summed E-state index contributed by atoms with van der Waals surface area (Å²) in [5.74, 6) is -0.202. The van der Waals surface area contributed by atoms with Gasteiger partial charge in [-0.15, -0.1) is 0 Å². The number of hydrogen-bond acceptors (Lipinski definition) is 7. The lowest BCUT2D eigenvalue weighted by Gasteiger charge is -2.31. The van der Waals surface area contributed by atoms with Crippen molar-refractivity contribution in [3.05, 3.63) is 47.5 Å². The molecule has 2 fully saturated rings. The molecule has 1 amide bonds. The van der Waals surface area contributed by atoms with Crippen molar-refractivity contribution < 1.29 is 22.7 Å². The summed E-state index contributed by atoms with van der Waals surface area (Å²) in [6, 6.07) is 10.9. The number of morpholine rings is 2. The lowest BCUT2D eigenvalue weighted by molar-refractivity contribution is -0.114. The van der Waals surface area contributed by atoms with Crippen LogP contribution in [0.1, 0.15) is 11.1 Å². The van der Waals surface area contributed by atoms with E-state index in [1.165, 1.54) is 4.31 Å². The maximum atomic E-state index is 13.2. The first-order valence-corrected chi connectivity index (χ1v) is 12.9. The molecule has 2 aliphatic heterocycles. The van der Waals surface area contributed by atoms with E-state index in [2.05, 4.69) is 15.5 Å². The lowest BCUT2D eigenvalue weighted by Crippen LogP contribution is -2.40. The van der Waals surface area contributed by atoms with Crippen molar-refractivity contribution in [3.63, 3.8) is 0 Å². The number of carbonyl (C=O) groups is 1. The SMILES string of the molecule is Cc1cccc(C)c1NC(=O)CNc1cc(S(=O)(=O)N2CCOCC2)ccc1N1CCOCC1. The largest absolute Gasteiger partial charge is 0.379 e. The molecule has 34 heavy (non-hydrogen) atoms. The van der Waals surface area contributed by atoms with Crippen LogP contribution in [0.2, 0.25) is 0 Å². The maximum Gasteiger partial charge on any atom is 0.243 e. The van der Waals surface area contributed by atoms with Gasteiger partial charge >= 0.3 is 0 Å². The molecular formula is C24H32N4O5S. The summed E-state index contributed by atoms with van der Waals surface area (Å²) in [6.45, 7) is 7.91. The standard InChI is InChI=1S/C24H32N4O5S/c1-18-4-3-5-19(2)24(18)26-23(29)17-25-21-16-20(34(30,31)28-10-14-33-15-11-28)6-7-22(21)27-8-12-32-13-9-27/h3-7,16,25H,8-15,17H2,1-2H3,(H,26,29). The fraction of sp³-hybridized carbons (Fsp3) is 0.458. The Bertz CT molecular complexity index is 1110. The van der Waals surface area contributed by atoms with Gasteiger partial charge in [-0.2, -0.15) is 4.31 Å². The Morgan fingerprint density at radius 1 is 0.941 bits per heavy atom. The first-order valence-electron chi connectivity index (χ1n) is 11.5. The molecular weight excluding hydrogens is 456 g/mol. The number of aryl methyl sites for hydroxylation is 2. The van der Waals surface area contributed by atoms with Gasteiger partial charge in [0.25, 0.3) is 0 Å². The molecule has 0 saturated carbocycles. The predicted molar refractivity (Wildman–Crippen MR) is 132 cm³/mol. The highest BCUT2D eigenvalue weighted by Crippen LogP contribution is 2.31. The van der Waals surface area contributed by atoms with Gasteiger partial charge in [-0.05, 0) is 43.2 Å². The smallest absolute Gasteiger partial charge is 0.243 e. The molecule has 10 heteroatoms. The molecule has 2 N–H and O–H groups in total. The van der Waals surface area contributed by atoms with E-state index in [1.807, 2.05) is 38.1 Å². The van der Waals surface area contributed by atoms with Crippen molar-refractivity contribution in [1.82, 2.24) is 4.31 Å². The van der Waals surface area contributed by atoms with Gasteiger partial charge in [-0.3, -0.25) is 4.79 Å². The molecule has 0 spiro atoms. The zero-order chi connectivity index (χ0) is 24.1. The molecule has 0 bridgehead atoms. The van der Waals surface area contributed by atoms with Crippen LogP contribution >= 0.6 is 0 Å². The Morgan fingerprint density at radius 2 is 1.56 bits per heavy atom. The van der Waals surface area contributed by atoms with Crippen LogP contribution in [0.5, 0.6) is 0 Å². The summed E-state index contributed by atoms with van der Waals surface area (Å²) in [4.78, 5) is 15.1. The van der Waals surface area contributed by atoms with E-state index in [0.29, 0.717) is 58.3 Å². The molecule has 2 heterocycles. The lowest BCUT2D eigenvalue weighted by atomic mass is 10.1. The van der Waals surface area contributed by atoms with Crippen LogP contribution in [0.3, 0.4) is 0 Å². The molecule has 2 saturated heterocycles. The number of nitrogens with zero attached hydrogens (tertiary/aromatic N) is 2. The van der Waals surface area contributed by atoms with E-state index in [9.17, 15) is 13.2 Å². The summed E-state index contributed by atoms with van der Waals surface area (Å²) >= 11 is 0. The fourth-order valence-electron chi connectivity index (χ4n) is 4.20. The van der Waals surface area contributed by atoms with Crippen molar-refractivity contribution in [3.8, 4) is 0 Å². The number of nitrogens with one attached hydrogen (secondary N) is 2. The third-order valence-electron chi connectivity index (χ3n) is 6.11. The minimum atomic E-state index is -3.66. The topological polar surface area (TPSA) is 100 Å². The van der Waals surface area contributed by atoms with Crippen molar-refractivity contribution in [2.24, 2.45) is 0 Å². The molecule has 2 aromatic carbocycles. The van der Waals surface area contributed by atoms with Gasteiger partial charge in [-0.25, -0.2) is 8.42 Å². The average Bonchev–Trinajstić information content (AvgIpc) is 2.86. The second-order valence-corrected chi connectivity index (χ2v) is 10.4. The summed E-state index contributed by atoms with van der Waals surface area (Å²) < 4.78 is 38.6. The fourth-order valence-corrected chi connectivity index (χ4v) is 5.64. The Balaban J connectivity index is 1.56. The number of hydrogen-bond donors (Lipinski definition) is 2. The Morgan fingerprint density at radius 3 is 2.21 bits per heavy atom. The summed E-state index contributed by atoms with van der Waals surface area (Å²) in [5, 5.41) is 6.15. The van der Waals surface area contributed by atoms with E-state index < -0.39 is 10.0 Å². The van der Waals surface area contributed by atoms with Gasteiger partial charge in [0.05, 0.1) is 49.2 Å². The van der Waals surface area contributed by atoms with E-state index in [4.69, 9.17) is 9.47 Å². The molecule has 0 radical (unpaired) electrons. The molecule has 2 aliphatic rings. The van der Waals surface area contributed by atoms with Crippen LogP contribution < -0.4 is 15.5 Å². The second kappa shape index (κ2) is 10.7. The molecule has 0 atom stereocenters. The Kier molecular flexibility index (Phi) is 7.72. The third kappa shape index (κ3) is 5.52. The van der Waals surface area contributed by atoms with E-state index in [1.54, 1.807) is 12.1 Å². The number of anilines is 3. The number of sulfonamides is 1. The van der Waals surface area contributed by atoms with E-state index in [0.717, 1.165) is 22.5 Å². The van der Waals surface area contributed by atoms with Crippen LogP contribution in [0.4, 0.5) is 17.1 Å². The highest BCUT2D eigenvalue weighted by molar-refractivity contribution is 7.89. The van der Waals surface area contributed by atoms with Crippen molar-refractivity contribution in [2.45, 2.75) is 18.7 Å². The average molecular weight is 489 g/mol. The van der Waals surface area contributed by atoms with E-state index >= 15 is 0 Å². The molecule has 0 aromatic heterocycles. The van der Waals surface area contributed by atoms with Crippen molar-refractivity contribution >= 4 is 33.0 Å². The van der Waals surface area contributed by atoms with Crippen LogP contribution in [0.25, 0.3) is 0 Å². The van der Waals surface area contributed by atoms with Gasteiger partial charge in [-0.1, -0.05) is 18.2 Å². The van der Waals surface area contributed by atoms with Gasteiger partial charge in [0.15, 0.2) is 0 Å². The minimum Gasteiger partial charge on any atom is -0.379 e. The van der Waals surface area contributed by atoms with Crippen molar-refractivity contribution in [2.75, 3.05) is 74.7 Å². The quantitative estimate of drug-likeness (QED) is 0.616. The number of carbonyl (C=O) groups excluding carboxylic acids is 1. The summed E-state index contributed by atoms with van der Waals surface area (Å²) in [7, 11) is -3.66. The minimum absolute atomic E-state index is 0.00612. The predicted octanol–water partition coefficient (Wildman–Crippen LogP) is 2.21. The van der Waals surface area contributed by atoms with E-state index in [-0.39, 0.29) is 17.3 Å². The molecule has 2 aromatic rings. The Labute approximate surface area is 201 Å². The molecule has 0 unspecified atom stereocenters.